The summed E-state index contributed by atoms with van der Waals surface area (Å²) in [5.74, 6) is -0.537. The van der Waals surface area contributed by atoms with E-state index in [0.717, 1.165) is 23.1 Å². The summed E-state index contributed by atoms with van der Waals surface area (Å²) in [5, 5.41) is 9.96. The van der Waals surface area contributed by atoms with E-state index >= 15 is 0 Å². The van der Waals surface area contributed by atoms with Gasteiger partial charge in [-0.1, -0.05) is 24.6 Å². The fourth-order valence-electron chi connectivity index (χ4n) is 3.60. The van der Waals surface area contributed by atoms with Gasteiger partial charge in [0, 0.05) is 19.3 Å². The number of benzene rings is 1. The van der Waals surface area contributed by atoms with Crippen LogP contribution < -0.4 is 0 Å². The lowest BCUT2D eigenvalue weighted by Gasteiger charge is -2.26. The standard InChI is InChI=1S/C19H24O3/c1-5-6-15(20)19-16(21)9-14(10-17(19)22)18-12(3)7-11(2)8-13(18)4/h7-8,14,20H,5-6,9-10H2,1-4H3. The molecule has 1 aromatic carbocycles. The summed E-state index contributed by atoms with van der Waals surface area (Å²) >= 11 is 0. The first-order valence-electron chi connectivity index (χ1n) is 7.91. The molecule has 22 heavy (non-hydrogen) atoms. The van der Waals surface area contributed by atoms with Crippen molar-refractivity contribution in [3.05, 3.63) is 45.7 Å². The van der Waals surface area contributed by atoms with Crippen molar-refractivity contribution < 1.29 is 14.7 Å². The Bertz CT molecular complexity index is 610. The predicted molar refractivity (Wildman–Crippen MR) is 87.2 cm³/mol. The Morgan fingerprint density at radius 3 is 2.05 bits per heavy atom. The topological polar surface area (TPSA) is 54.4 Å². The molecule has 1 fully saturated rings. The molecule has 1 aromatic rings. The van der Waals surface area contributed by atoms with Crippen LogP contribution >= 0.6 is 0 Å². The molecule has 1 saturated carbocycles. The van der Waals surface area contributed by atoms with Crippen LogP contribution in [0.3, 0.4) is 0 Å². The number of carbonyl (C=O) groups excluding carboxylic acids is 2. The molecule has 1 aliphatic rings. The summed E-state index contributed by atoms with van der Waals surface area (Å²) in [7, 11) is 0. The zero-order valence-corrected chi connectivity index (χ0v) is 13.8. The summed E-state index contributed by atoms with van der Waals surface area (Å²) in [4.78, 5) is 24.7. The van der Waals surface area contributed by atoms with Crippen LogP contribution in [-0.2, 0) is 9.59 Å². The zero-order valence-electron chi connectivity index (χ0n) is 13.8. The number of aryl methyl sites for hydroxylation is 3. The van der Waals surface area contributed by atoms with Crippen molar-refractivity contribution in [2.45, 2.75) is 59.3 Å². The van der Waals surface area contributed by atoms with E-state index in [-0.39, 0.29) is 28.8 Å². The van der Waals surface area contributed by atoms with Gasteiger partial charge in [-0.25, -0.2) is 0 Å². The van der Waals surface area contributed by atoms with E-state index in [2.05, 4.69) is 12.1 Å². The molecule has 3 heteroatoms. The second-order valence-corrected chi connectivity index (χ2v) is 6.34. The van der Waals surface area contributed by atoms with E-state index in [1.807, 2.05) is 27.7 Å². The molecule has 0 heterocycles. The number of aliphatic hydroxyl groups excluding tert-OH is 1. The van der Waals surface area contributed by atoms with Crippen LogP contribution in [0.5, 0.6) is 0 Å². The molecule has 118 valence electrons. The monoisotopic (exact) mass is 300 g/mol. The largest absolute Gasteiger partial charge is 0.511 e. The van der Waals surface area contributed by atoms with Crippen molar-refractivity contribution >= 4 is 11.6 Å². The summed E-state index contributed by atoms with van der Waals surface area (Å²) < 4.78 is 0. The maximum Gasteiger partial charge on any atom is 0.170 e. The Labute approximate surface area is 132 Å². The SMILES string of the molecule is CCCC(O)=C1C(=O)CC(c2c(C)cc(C)cc2C)CC1=O. The van der Waals surface area contributed by atoms with Gasteiger partial charge < -0.3 is 5.11 Å². The van der Waals surface area contributed by atoms with Crippen molar-refractivity contribution in [1.82, 2.24) is 0 Å². The van der Waals surface area contributed by atoms with Gasteiger partial charge in [-0.2, -0.15) is 0 Å². The highest BCUT2D eigenvalue weighted by Gasteiger charge is 2.34. The molecule has 0 amide bonds. The van der Waals surface area contributed by atoms with E-state index in [9.17, 15) is 14.7 Å². The number of ketones is 2. The average Bonchev–Trinajstić information content (AvgIpc) is 2.36. The molecule has 0 aromatic heterocycles. The second kappa shape index (κ2) is 6.47. The number of allylic oxidation sites excluding steroid dienone is 2. The lowest BCUT2D eigenvalue weighted by Crippen LogP contribution is -2.27. The van der Waals surface area contributed by atoms with Gasteiger partial charge in [-0.05, 0) is 49.8 Å². The van der Waals surface area contributed by atoms with Crippen molar-refractivity contribution in [3.63, 3.8) is 0 Å². The van der Waals surface area contributed by atoms with Crippen LogP contribution in [-0.4, -0.2) is 16.7 Å². The van der Waals surface area contributed by atoms with Crippen molar-refractivity contribution in [3.8, 4) is 0 Å². The maximum atomic E-state index is 12.4. The van der Waals surface area contributed by atoms with Crippen LogP contribution in [0.15, 0.2) is 23.5 Å². The molecule has 0 bridgehead atoms. The van der Waals surface area contributed by atoms with Gasteiger partial charge in [0.05, 0.1) is 5.57 Å². The summed E-state index contributed by atoms with van der Waals surface area (Å²) in [6.45, 7) is 8.02. The molecule has 3 nitrogen and oxygen atoms in total. The summed E-state index contributed by atoms with van der Waals surface area (Å²) in [6, 6.07) is 4.19. The first kappa shape index (κ1) is 16.5. The van der Waals surface area contributed by atoms with Gasteiger partial charge in [-0.15, -0.1) is 0 Å². The lowest BCUT2D eigenvalue weighted by molar-refractivity contribution is -0.124. The average molecular weight is 300 g/mol. The molecular formula is C19H24O3. The predicted octanol–water partition coefficient (Wildman–Crippen LogP) is 4.24. The zero-order chi connectivity index (χ0) is 16.4. The molecule has 2 rings (SSSR count). The van der Waals surface area contributed by atoms with Gasteiger partial charge in [0.25, 0.3) is 0 Å². The highest BCUT2D eigenvalue weighted by atomic mass is 16.3. The fourth-order valence-corrected chi connectivity index (χ4v) is 3.60. The Kier molecular flexibility index (Phi) is 4.84. The van der Waals surface area contributed by atoms with Crippen molar-refractivity contribution in [2.75, 3.05) is 0 Å². The third kappa shape index (κ3) is 3.13. The van der Waals surface area contributed by atoms with Gasteiger partial charge >= 0.3 is 0 Å². The molecule has 1 N–H and O–H groups in total. The molecule has 0 aliphatic heterocycles. The summed E-state index contributed by atoms with van der Waals surface area (Å²) in [6.07, 6.45) is 1.72. The van der Waals surface area contributed by atoms with Gasteiger partial charge in [0.1, 0.15) is 5.76 Å². The third-order valence-corrected chi connectivity index (χ3v) is 4.34. The first-order chi connectivity index (χ1) is 10.3. The highest BCUT2D eigenvalue weighted by molar-refractivity contribution is 6.22. The maximum absolute atomic E-state index is 12.4. The first-order valence-corrected chi connectivity index (χ1v) is 7.91. The van der Waals surface area contributed by atoms with Gasteiger partial charge in [0.2, 0.25) is 0 Å². The van der Waals surface area contributed by atoms with Gasteiger partial charge in [-0.3, -0.25) is 9.59 Å². The minimum atomic E-state index is -0.216. The van der Waals surface area contributed by atoms with Crippen LogP contribution in [0.25, 0.3) is 0 Å². The van der Waals surface area contributed by atoms with Crippen LogP contribution in [0, 0.1) is 20.8 Å². The molecule has 0 radical (unpaired) electrons. The molecule has 0 saturated heterocycles. The second-order valence-electron chi connectivity index (χ2n) is 6.34. The Morgan fingerprint density at radius 1 is 1.09 bits per heavy atom. The number of rotatable bonds is 3. The number of hydrogen-bond acceptors (Lipinski definition) is 3. The van der Waals surface area contributed by atoms with Gasteiger partial charge in [0.15, 0.2) is 11.6 Å². The van der Waals surface area contributed by atoms with E-state index in [1.54, 1.807) is 0 Å². The molecule has 1 aliphatic carbocycles. The Morgan fingerprint density at radius 2 is 1.59 bits per heavy atom. The fraction of sp³-hybridized carbons (Fsp3) is 0.474. The van der Waals surface area contributed by atoms with E-state index in [1.165, 1.54) is 5.56 Å². The number of aliphatic hydroxyl groups is 1. The quantitative estimate of drug-likeness (QED) is 0.516. The smallest absolute Gasteiger partial charge is 0.170 e. The van der Waals surface area contributed by atoms with E-state index in [4.69, 9.17) is 0 Å². The minimum Gasteiger partial charge on any atom is -0.511 e. The molecular weight excluding hydrogens is 276 g/mol. The molecule has 0 unspecified atom stereocenters. The normalized spacial score (nSPS) is 18.7. The van der Waals surface area contributed by atoms with E-state index < -0.39 is 0 Å². The molecule has 0 atom stereocenters. The number of carbonyl (C=O) groups is 2. The van der Waals surface area contributed by atoms with Crippen molar-refractivity contribution in [1.29, 1.82) is 0 Å². The minimum absolute atomic E-state index is 0.0340. The van der Waals surface area contributed by atoms with Crippen LogP contribution in [0.1, 0.15) is 60.8 Å². The number of Topliss-reactive ketones (excluding diaryl/α,β-unsaturated/α-hetero) is 2. The lowest BCUT2D eigenvalue weighted by atomic mass is 9.76. The van der Waals surface area contributed by atoms with Crippen molar-refractivity contribution in [2.24, 2.45) is 0 Å². The molecule has 0 spiro atoms. The van der Waals surface area contributed by atoms with E-state index in [0.29, 0.717) is 19.3 Å². The van der Waals surface area contributed by atoms with Crippen LogP contribution in [0.2, 0.25) is 0 Å². The van der Waals surface area contributed by atoms with Crippen LogP contribution in [0.4, 0.5) is 0 Å². The highest BCUT2D eigenvalue weighted by Crippen LogP contribution is 2.36. The summed E-state index contributed by atoms with van der Waals surface area (Å²) in [5.41, 5.74) is 4.61. The number of hydrogen-bond donors (Lipinski definition) is 1. The Hall–Kier alpha value is -1.90. The third-order valence-electron chi connectivity index (χ3n) is 4.34. The Balaban J connectivity index is 2.35.